The van der Waals surface area contributed by atoms with Gasteiger partial charge in [-0.05, 0) is 29.9 Å². The maximum Gasteiger partial charge on any atom is 0.416 e. The first-order chi connectivity index (χ1) is 15.1. The van der Waals surface area contributed by atoms with E-state index in [4.69, 9.17) is 0 Å². The van der Waals surface area contributed by atoms with Crippen LogP contribution in [0.1, 0.15) is 30.9 Å². The molecule has 2 fully saturated rings. The van der Waals surface area contributed by atoms with Crippen molar-refractivity contribution >= 4 is 17.6 Å². The normalized spacial score (nSPS) is 18.5. The van der Waals surface area contributed by atoms with Gasteiger partial charge in [0.25, 0.3) is 0 Å². The van der Waals surface area contributed by atoms with Gasteiger partial charge in [0.1, 0.15) is 0 Å². The fourth-order valence-electron chi connectivity index (χ4n) is 4.60. The van der Waals surface area contributed by atoms with E-state index in [1.54, 1.807) is 18.0 Å². The molecule has 2 amide bonds. The summed E-state index contributed by atoms with van der Waals surface area (Å²) in [5.74, 6) is -0.149. The van der Waals surface area contributed by atoms with Crippen LogP contribution in [-0.2, 0) is 17.5 Å². The smallest absolute Gasteiger partial charge is 0.323 e. The van der Waals surface area contributed by atoms with Gasteiger partial charge in [0.15, 0.2) is 0 Å². The van der Waals surface area contributed by atoms with Gasteiger partial charge in [0, 0.05) is 46.7 Å². The number of piperidine rings is 1. The number of amides is 2. The summed E-state index contributed by atoms with van der Waals surface area (Å²) in [6.45, 7) is 4.33. The first-order valence-electron chi connectivity index (χ1n) is 10.5. The molecule has 3 heterocycles. The van der Waals surface area contributed by atoms with E-state index in [0.717, 1.165) is 32.0 Å². The van der Waals surface area contributed by atoms with E-state index >= 15 is 0 Å². The summed E-state index contributed by atoms with van der Waals surface area (Å²) in [4.78, 5) is 29.4. The van der Waals surface area contributed by atoms with Crippen LogP contribution >= 0.6 is 0 Å². The molecule has 0 aliphatic carbocycles. The van der Waals surface area contributed by atoms with Gasteiger partial charge in [-0.25, -0.2) is 4.79 Å². The summed E-state index contributed by atoms with van der Waals surface area (Å²) in [6.07, 6.45) is 0.274. The number of rotatable bonds is 3. The molecule has 0 radical (unpaired) electrons. The zero-order chi connectivity index (χ0) is 23.1. The number of hydrogen-bond donors (Lipinski definition) is 0. The summed E-state index contributed by atoms with van der Waals surface area (Å²) in [5.41, 5.74) is 0.324. The zero-order valence-corrected chi connectivity index (χ0v) is 18.1. The van der Waals surface area contributed by atoms with E-state index in [9.17, 15) is 22.8 Å². The number of nitrogens with zero attached hydrogens (tertiary/aromatic N) is 5. The molecule has 10 heteroatoms. The second-order valence-corrected chi connectivity index (χ2v) is 8.79. The standard InChI is InChI=1S/C22H26F3N5O2/c1-16(31)27(2)18-11-26-30(13-18)20(32)29-9-7-21(8-10-29)14-28(15-21)12-17-5-3-4-6-19(17)22(23,24)25/h3-6,11,13H,7-10,12,14-15H2,1-2H3. The molecule has 7 nitrogen and oxygen atoms in total. The minimum absolute atomic E-state index is 0.0497. The predicted molar refractivity (Wildman–Crippen MR) is 112 cm³/mol. The van der Waals surface area contributed by atoms with Gasteiger partial charge in [0.2, 0.25) is 5.91 Å². The maximum atomic E-state index is 13.2. The van der Waals surface area contributed by atoms with E-state index in [1.807, 2.05) is 4.90 Å². The van der Waals surface area contributed by atoms with Crippen molar-refractivity contribution < 1.29 is 22.8 Å². The number of carbonyl (C=O) groups excluding carboxylic acids is 2. The average molecular weight is 449 g/mol. The second kappa shape index (κ2) is 8.23. The number of alkyl halides is 3. The fourth-order valence-corrected chi connectivity index (χ4v) is 4.60. The molecule has 0 N–H and O–H groups in total. The molecule has 2 aliphatic heterocycles. The van der Waals surface area contributed by atoms with Crippen molar-refractivity contribution in [3.63, 3.8) is 0 Å². The molecular formula is C22H26F3N5O2. The van der Waals surface area contributed by atoms with Gasteiger partial charge in [-0.3, -0.25) is 9.69 Å². The third kappa shape index (κ3) is 4.36. The van der Waals surface area contributed by atoms with Crippen LogP contribution in [0.15, 0.2) is 36.7 Å². The maximum absolute atomic E-state index is 13.2. The predicted octanol–water partition coefficient (Wildman–Crippen LogP) is 3.45. The largest absolute Gasteiger partial charge is 0.416 e. The van der Waals surface area contributed by atoms with Crippen molar-refractivity contribution in [2.75, 3.05) is 38.1 Å². The highest BCUT2D eigenvalue weighted by atomic mass is 19.4. The number of benzene rings is 1. The van der Waals surface area contributed by atoms with Crippen LogP contribution in [0, 0.1) is 5.41 Å². The quantitative estimate of drug-likeness (QED) is 0.720. The Morgan fingerprint density at radius 1 is 1.16 bits per heavy atom. The molecule has 0 bridgehead atoms. The number of aromatic nitrogens is 2. The zero-order valence-electron chi connectivity index (χ0n) is 18.1. The van der Waals surface area contributed by atoms with Gasteiger partial charge < -0.3 is 9.80 Å². The molecular weight excluding hydrogens is 423 g/mol. The fraction of sp³-hybridized carbons (Fsp3) is 0.500. The van der Waals surface area contributed by atoms with Crippen LogP contribution in [0.4, 0.5) is 23.7 Å². The van der Waals surface area contributed by atoms with Crippen LogP contribution in [0.2, 0.25) is 0 Å². The lowest BCUT2D eigenvalue weighted by Crippen LogP contribution is -2.60. The highest BCUT2D eigenvalue weighted by molar-refractivity contribution is 5.91. The number of hydrogen-bond acceptors (Lipinski definition) is 4. The Bertz CT molecular complexity index is 1000. The molecule has 1 aromatic carbocycles. The van der Waals surface area contributed by atoms with Gasteiger partial charge in [-0.15, -0.1) is 0 Å². The van der Waals surface area contributed by atoms with Crippen molar-refractivity contribution in [3.8, 4) is 0 Å². The summed E-state index contributed by atoms with van der Waals surface area (Å²) >= 11 is 0. The van der Waals surface area contributed by atoms with Gasteiger partial charge in [-0.1, -0.05) is 18.2 Å². The lowest BCUT2D eigenvalue weighted by atomic mass is 9.72. The average Bonchev–Trinajstić information content (AvgIpc) is 3.22. The van der Waals surface area contributed by atoms with E-state index in [2.05, 4.69) is 5.10 Å². The van der Waals surface area contributed by atoms with Gasteiger partial charge in [-0.2, -0.15) is 23.0 Å². The Labute approximate surface area is 184 Å². The monoisotopic (exact) mass is 449 g/mol. The summed E-state index contributed by atoms with van der Waals surface area (Å²) in [5, 5.41) is 4.08. The molecule has 0 atom stereocenters. The molecule has 32 heavy (non-hydrogen) atoms. The lowest BCUT2D eigenvalue weighted by Gasteiger charge is -2.54. The second-order valence-electron chi connectivity index (χ2n) is 8.79. The van der Waals surface area contributed by atoms with Gasteiger partial charge >= 0.3 is 12.2 Å². The molecule has 1 aromatic heterocycles. The minimum Gasteiger partial charge on any atom is -0.323 e. The van der Waals surface area contributed by atoms with Crippen LogP contribution in [0.5, 0.6) is 0 Å². The molecule has 1 spiro atoms. The van der Waals surface area contributed by atoms with E-state index < -0.39 is 11.7 Å². The van der Waals surface area contributed by atoms with E-state index in [0.29, 0.717) is 24.3 Å². The molecule has 4 rings (SSSR count). The molecule has 0 saturated carbocycles. The van der Waals surface area contributed by atoms with Crippen LogP contribution < -0.4 is 4.90 Å². The number of likely N-dealkylation sites (tertiary alicyclic amines) is 2. The summed E-state index contributed by atoms with van der Waals surface area (Å²) in [7, 11) is 1.62. The Kier molecular flexibility index (Phi) is 5.74. The first-order valence-corrected chi connectivity index (χ1v) is 10.5. The van der Waals surface area contributed by atoms with Gasteiger partial charge in [0.05, 0.1) is 23.6 Å². The van der Waals surface area contributed by atoms with Crippen LogP contribution in [-0.4, -0.2) is 64.7 Å². The topological polar surface area (TPSA) is 61.7 Å². The Morgan fingerprint density at radius 3 is 2.44 bits per heavy atom. The third-order valence-corrected chi connectivity index (χ3v) is 6.55. The van der Waals surface area contributed by atoms with Crippen molar-refractivity contribution in [3.05, 3.63) is 47.8 Å². The SMILES string of the molecule is CC(=O)N(C)c1cnn(C(=O)N2CCC3(CC2)CN(Cc2ccccc2C(F)(F)F)C3)c1. The van der Waals surface area contributed by atoms with E-state index in [1.165, 1.54) is 41.0 Å². The Balaban J connectivity index is 1.31. The summed E-state index contributed by atoms with van der Waals surface area (Å²) in [6, 6.07) is 5.48. The van der Waals surface area contributed by atoms with Crippen LogP contribution in [0.3, 0.4) is 0 Å². The molecule has 2 aromatic rings. The van der Waals surface area contributed by atoms with Crippen molar-refractivity contribution in [1.29, 1.82) is 0 Å². The molecule has 2 saturated heterocycles. The first kappa shape index (κ1) is 22.3. The number of anilines is 1. The van der Waals surface area contributed by atoms with E-state index in [-0.39, 0.29) is 23.9 Å². The Morgan fingerprint density at radius 2 is 1.81 bits per heavy atom. The highest BCUT2D eigenvalue weighted by Gasteiger charge is 2.46. The molecule has 2 aliphatic rings. The van der Waals surface area contributed by atoms with Crippen LogP contribution in [0.25, 0.3) is 0 Å². The van der Waals surface area contributed by atoms with Crippen molar-refractivity contribution in [2.24, 2.45) is 5.41 Å². The third-order valence-electron chi connectivity index (χ3n) is 6.55. The highest BCUT2D eigenvalue weighted by Crippen LogP contribution is 2.42. The van der Waals surface area contributed by atoms with Crippen molar-refractivity contribution in [1.82, 2.24) is 19.6 Å². The van der Waals surface area contributed by atoms with Crippen molar-refractivity contribution in [2.45, 2.75) is 32.5 Å². The Hall–Kier alpha value is -2.88. The molecule has 0 unspecified atom stereocenters. The lowest BCUT2D eigenvalue weighted by molar-refractivity contribution is -0.139. The summed E-state index contributed by atoms with van der Waals surface area (Å²) < 4.78 is 40.9. The number of halogens is 3. The molecule has 172 valence electrons. The number of carbonyl (C=O) groups is 2. The minimum atomic E-state index is -4.35.